The van der Waals surface area contributed by atoms with E-state index in [9.17, 15) is 4.79 Å². The predicted molar refractivity (Wildman–Crippen MR) is 135 cm³/mol. The van der Waals surface area contributed by atoms with Crippen LogP contribution in [0.3, 0.4) is 0 Å². The van der Waals surface area contributed by atoms with E-state index in [1.165, 1.54) is 16.8 Å². The zero-order valence-corrected chi connectivity index (χ0v) is 20.2. The highest BCUT2D eigenvalue weighted by molar-refractivity contribution is 5.93. The molecule has 0 bridgehead atoms. The minimum absolute atomic E-state index is 0.0418. The summed E-state index contributed by atoms with van der Waals surface area (Å²) < 4.78 is 11.7. The Morgan fingerprint density at radius 2 is 1.79 bits per heavy atom. The van der Waals surface area contributed by atoms with Crippen LogP contribution in [-0.4, -0.2) is 82.0 Å². The van der Waals surface area contributed by atoms with Crippen molar-refractivity contribution in [2.45, 2.75) is 19.3 Å². The summed E-state index contributed by atoms with van der Waals surface area (Å²) in [5, 5.41) is 3.14. The molecule has 2 aromatic carbocycles. The van der Waals surface area contributed by atoms with Gasteiger partial charge in [-0.2, -0.15) is 0 Å². The van der Waals surface area contributed by atoms with E-state index >= 15 is 0 Å². The van der Waals surface area contributed by atoms with E-state index in [-0.39, 0.29) is 11.8 Å². The lowest BCUT2D eigenvalue weighted by Gasteiger charge is -2.32. The Morgan fingerprint density at radius 1 is 1.03 bits per heavy atom. The van der Waals surface area contributed by atoms with Crippen LogP contribution in [0.15, 0.2) is 42.5 Å². The standard InChI is InChI=1S/C27H36N4O3/c1-29-11-13-30(14-12-29)20-34-26-4-2-3-21-5-6-22(19-25(21)26)27(32)28-23-7-9-24(10-8-23)31-15-17-33-18-16-31/h2-4,7-10,22H,5-6,11-20H2,1H3,(H,28,32). The molecule has 7 heteroatoms. The van der Waals surface area contributed by atoms with Crippen molar-refractivity contribution < 1.29 is 14.3 Å². The molecule has 1 amide bonds. The minimum Gasteiger partial charge on any atom is -0.478 e. The van der Waals surface area contributed by atoms with Crippen LogP contribution in [0.5, 0.6) is 5.75 Å². The van der Waals surface area contributed by atoms with Gasteiger partial charge in [-0.25, -0.2) is 0 Å². The van der Waals surface area contributed by atoms with Gasteiger partial charge in [0.15, 0.2) is 0 Å². The maximum Gasteiger partial charge on any atom is 0.227 e. The van der Waals surface area contributed by atoms with Crippen LogP contribution in [0.4, 0.5) is 11.4 Å². The Kier molecular flexibility index (Phi) is 7.33. The largest absolute Gasteiger partial charge is 0.478 e. The molecule has 2 aromatic rings. The summed E-state index contributed by atoms with van der Waals surface area (Å²) in [4.78, 5) is 20.1. The lowest BCUT2D eigenvalue weighted by Crippen LogP contribution is -2.45. The average Bonchev–Trinajstić information content (AvgIpc) is 2.89. The number of amides is 1. The summed E-state index contributed by atoms with van der Waals surface area (Å²) in [5.41, 5.74) is 4.54. The molecule has 2 heterocycles. The Morgan fingerprint density at radius 3 is 2.56 bits per heavy atom. The van der Waals surface area contributed by atoms with Crippen molar-refractivity contribution in [3.63, 3.8) is 0 Å². The number of hydrogen-bond donors (Lipinski definition) is 1. The molecule has 2 saturated heterocycles. The fourth-order valence-corrected chi connectivity index (χ4v) is 5.07. The third-order valence-electron chi connectivity index (χ3n) is 7.32. The molecule has 182 valence electrons. The van der Waals surface area contributed by atoms with Crippen molar-refractivity contribution in [3.05, 3.63) is 53.6 Å². The van der Waals surface area contributed by atoms with Gasteiger partial charge in [0.1, 0.15) is 12.5 Å². The fraction of sp³-hybridized carbons (Fsp3) is 0.519. The third kappa shape index (κ3) is 5.54. The summed E-state index contributed by atoms with van der Waals surface area (Å²) in [6.07, 6.45) is 2.51. The number of piperazine rings is 1. The Balaban J connectivity index is 1.19. The first kappa shape index (κ1) is 23.1. The highest BCUT2D eigenvalue weighted by atomic mass is 16.5. The fourth-order valence-electron chi connectivity index (χ4n) is 5.07. The van der Waals surface area contributed by atoms with Gasteiger partial charge < -0.3 is 24.6 Å². The van der Waals surface area contributed by atoms with E-state index in [4.69, 9.17) is 9.47 Å². The van der Waals surface area contributed by atoms with E-state index in [0.717, 1.165) is 83.2 Å². The SMILES string of the molecule is CN1CCN(COc2cccc3c2CC(C(=O)Nc2ccc(N4CCOCC4)cc2)CC3)CC1. The van der Waals surface area contributed by atoms with Gasteiger partial charge in [0.2, 0.25) is 5.91 Å². The Hall–Kier alpha value is -2.61. The molecule has 2 aliphatic heterocycles. The number of benzene rings is 2. The van der Waals surface area contributed by atoms with Crippen LogP contribution in [0.2, 0.25) is 0 Å². The summed E-state index contributed by atoms with van der Waals surface area (Å²) in [5.74, 6) is 0.988. The number of anilines is 2. The number of aryl methyl sites for hydroxylation is 1. The number of nitrogens with one attached hydrogen (secondary N) is 1. The maximum atomic E-state index is 13.1. The van der Waals surface area contributed by atoms with E-state index in [0.29, 0.717) is 6.73 Å². The number of morpholine rings is 1. The number of nitrogens with zero attached hydrogens (tertiary/aromatic N) is 3. The molecule has 1 N–H and O–H groups in total. The molecule has 7 nitrogen and oxygen atoms in total. The zero-order valence-electron chi connectivity index (χ0n) is 20.2. The highest BCUT2D eigenvalue weighted by Gasteiger charge is 2.27. The molecule has 3 aliphatic rings. The van der Waals surface area contributed by atoms with Crippen LogP contribution in [0.1, 0.15) is 17.5 Å². The lowest BCUT2D eigenvalue weighted by molar-refractivity contribution is -0.120. The molecule has 0 aromatic heterocycles. The van der Waals surface area contributed by atoms with Crippen molar-refractivity contribution in [3.8, 4) is 5.75 Å². The van der Waals surface area contributed by atoms with Gasteiger partial charge in [0, 0.05) is 56.6 Å². The second-order valence-electron chi connectivity index (χ2n) is 9.66. The van der Waals surface area contributed by atoms with Gasteiger partial charge in [-0.05, 0) is 67.8 Å². The van der Waals surface area contributed by atoms with Crippen molar-refractivity contribution in [1.82, 2.24) is 9.80 Å². The lowest BCUT2D eigenvalue weighted by atomic mass is 9.83. The molecule has 0 radical (unpaired) electrons. The number of rotatable bonds is 6. The topological polar surface area (TPSA) is 57.3 Å². The molecule has 1 aliphatic carbocycles. The second-order valence-corrected chi connectivity index (χ2v) is 9.66. The normalized spacial score (nSPS) is 21.7. The third-order valence-corrected chi connectivity index (χ3v) is 7.32. The van der Waals surface area contributed by atoms with Crippen LogP contribution < -0.4 is 15.0 Å². The van der Waals surface area contributed by atoms with Crippen LogP contribution in [-0.2, 0) is 22.4 Å². The van der Waals surface area contributed by atoms with Gasteiger partial charge in [-0.1, -0.05) is 12.1 Å². The monoisotopic (exact) mass is 464 g/mol. The average molecular weight is 465 g/mol. The van der Waals surface area contributed by atoms with Crippen LogP contribution >= 0.6 is 0 Å². The van der Waals surface area contributed by atoms with E-state index < -0.39 is 0 Å². The smallest absolute Gasteiger partial charge is 0.227 e. The first-order valence-electron chi connectivity index (χ1n) is 12.5. The molecular formula is C27H36N4O3. The van der Waals surface area contributed by atoms with E-state index in [1.807, 2.05) is 12.1 Å². The van der Waals surface area contributed by atoms with Crippen molar-refractivity contribution >= 4 is 17.3 Å². The van der Waals surface area contributed by atoms with Crippen molar-refractivity contribution in [2.24, 2.45) is 5.92 Å². The molecule has 1 unspecified atom stereocenters. The first-order valence-corrected chi connectivity index (χ1v) is 12.5. The summed E-state index contributed by atoms with van der Waals surface area (Å²) in [7, 11) is 2.16. The van der Waals surface area contributed by atoms with Crippen LogP contribution in [0.25, 0.3) is 0 Å². The zero-order chi connectivity index (χ0) is 23.3. The first-order chi connectivity index (χ1) is 16.7. The summed E-state index contributed by atoms with van der Waals surface area (Å²) in [6, 6.07) is 14.5. The van der Waals surface area contributed by atoms with Gasteiger partial charge in [0.25, 0.3) is 0 Å². The second kappa shape index (κ2) is 10.8. The number of carbonyl (C=O) groups is 1. The van der Waals surface area contributed by atoms with Crippen molar-refractivity contribution in [2.75, 3.05) is 76.5 Å². The van der Waals surface area contributed by atoms with E-state index in [2.05, 4.69) is 57.4 Å². The van der Waals surface area contributed by atoms with Gasteiger partial charge in [-0.3, -0.25) is 9.69 Å². The van der Waals surface area contributed by atoms with Gasteiger partial charge in [0.05, 0.1) is 13.2 Å². The summed E-state index contributed by atoms with van der Waals surface area (Å²) in [6.45, 7) is 8.17. The Bertz CT molecular complexity index is 966. The Labute approximate surface area is 202 Å². The van der Waals surface area contributed by atoms with Crippen molar-refractivity contribution in [1.29, 1.82) is 0 Å². The number of likely N-dealkylation sites (N-methyl/N-ethyl adjacent to an activating group) is 1. The van der Waals surface area contributed by atoms with Crippen LogP contribution in [0, 0.1) is 5.92 Å². The van der Waals surface area contributed by atoms with Gasteiger partial charge in [-0.15, -0.1) is 0 Å². The van der Waals surface area contributed by atoms with Gasteiger partial charge >= 0.3 is 0 Å². The minimum atomic E-state index is -0.0418. The summed E-state index contributed by atoms with van der Waals surface area (Å²) >= 11 is 0. The number of fused-ring (bicyclic) bond motifs is 1. The highest BCUT2D eigenvalue weighted by Crippen LogP contribution is 2.33. The molecule has 0 spiro atoms. The molecule has 2 fully saturated rings. The number of hydrogen-bond acceptors (Lipinski definition) is 6. The maximum absolute atomic E-state index is 13.1. The molecule has 0 saturated carbocycles. The molecule has 5 rings (SSSR count). The molecule has 34 heavy (non-hydrogen) atoms. The predicted octanol–water partition coefficient (Wildman–Crippen LogP) is 2.85. The molecular weight excluding hydrogens is 428 g/mol. The quantitative estimate of drug-likeness (QED) is 0.710. The number of ether oxygens (including phenoxy) is 2. The molecule has 1 atom stereocenters. The number of carbonyl (C=O) groups excluding carboxylic acids is 1. The van der Waals surface area contributed by atoms with E-state index in [1.54, 1.807) is 0 Å².